The van der Waals surface area contributed by atoms with Crippen LogP contribution in [0.3, 0.4) is 0 Å². The number of carboxylic acid groups (broad SMARTS) is 2. The third kappa shape index (κ3) is 2.40. The highest BCUT2D eigenvalue weighted by atomic mass is 16.4. The van der Waals surface area contributed by atoms with Gasteiger partial charge >= 0.3 is 12.1 Å². The van der Waals surface area contributed by atoms with E-state index in [-0.39, 0.29) is 5.92 Å². The lowest BCUT2D eigenvalue weighted by atomic mass is 9.74. The highest BCUT2D eigenvalue weighted by molar-refractivity contribution is 5.74. The second-order valence-corrected chi connectivity index (χ2v) is 4.57. The van der Waals surface area contributed by atoms with E-state index in [0.29, 0.717) is 25.9 Å². The lowest BCUT2D eigenvalue weighted by molar-refractivity contribution is -0.151. The van der Waals surface area contributed by atoms with Crippen LogP contribution in [0.1, 0.15) is 26.7 Å². The zero-order chi connectivity index (χ0) is 11.6. The van der Waals surface area contributed by atoms with Gasteiger partial charge in [0, 0.05) is 13.1 Å². The third-order valence-electron chi connectivity index (χ3n) is 3.34. The van der Waals surface area contributed by atoms with Gasteiger partial charge in [0.05, 0.1) is 5.41 Å². The van der Waals surface area contributed by atoms with Crippen molar-refractivity contribution < 1.29 is 19.8 Å². The molecule has 2 N–H and O–H groups in total. The summed E-state index contributed by atoms with van der Waals surface area (Å²) in [5.41, 5.74) is -0.759. The number of piperidine rings is 1. The SMILES string of the molecule is CC(C)(C(=O)O)C1CCN(C(=O)O)CC1. The minimum absolute atomic E-state index is 0.0607. The Balaban J connectivity index is 2.57. The molecular weight excluding hydrogens is 198 g/mol. The maximum absolute atomic E-state index is 11.0. The van der Waals surface area contributed by atoms with E-state index in [9.17, 15) is 9.59 Å². The highest BCUT2D eigenvalue weighted by Crippen LogP contribution is 2.35. The largest absolute Gasteiger partial charge is 0.481 e. The Hall–Kier alpha value is -1.26. The summed E-state index contributed by atoms with van der Waals surface area (Å²) in [4.78, 5) is 23.0. The van der Waals surface area contributed by atoms with Crippen molar-refractivity contribution in [2.24, 2.45) is 11.3 Å². The number of rotatable bonds is 2. The summed E-state index contributed by atoms with van der Waals surface area (Å²) in [6.07, 6.45) is 0.346. The van der Waals surface area contributed by atoms with Crippen molar-refractivity contribution in [3.05, 3.63) is 0 Å². The van der Waals surface area contributed by atoms with E-state index in [4.69, 9.17) is 10.2 Å². The molecule has 1 aliphatic rings. The summed E-state index contributed by atoms with van der Waals surface area (Å²) in [6.45, 7) is 4.29. The molecule has 0 radical (unpaired) electrons. The maximum Gasteiger partial charge on any atom is 0.407 e. The molecule has 86 valence electrons. The Bertz CT molecular complexity index is 267. The molecule has 0 atom stereocenters. The predicted octanol–water partition coefficient (Wildman–Crippen LogP) is 1.49. The van der Waals surface area contributed by atoms with E-state index in [1.165, 1.54) is 4.90 Å². The lowest BCUT2D eigenvalue weighted by Gasteiger charge is -2.37. The Morgan fingerprint density at radius 1 is 1.20 bits per heavy atom. The van der Waals surface area contributed by atoms with Gasteiger partial charge in [-0.1, -0.05) is 0 Å². The van der Waals surface area contributed by atoms with Gasteiger partial charge in [0.15, 0.2) is 0 Å². The van der Waals surface area contributed by atoms with Crippen molar-refractivity contribution in [3.8, 4) is 0 Å². The first kappa shape index (κ1) is 11.8. The van der Waals surface area contributed by atoms with Gasteiger partial charge in [-0.2, -0.15) is 0 Å². The van der Waals surface area contributed by atoms with Crippen LogP contribution in [0.2, 0.25) is 0 Å². The van der Waals surface area contributed by atoms with Gasteiger partial charge in [-0.25, -0.2) is 4.79 Å². The van der Waals surface area contributed by atoms with Gasteiger partial charge in [0.1, 0.15) is 0 Å². The molecule has 0 aromatic rings. The van der Waals surface area contributed by atoms with Crippen LogP contribution in [0, 0.1) is 11.3 Å². The molecule has 1 heterocycles. The minimum Gasteiger partial charge on any atom is -0.481 e. The Labute approximate surface area is 88.7 Å². The zero-order valence-electron chi connectivity index (χ0n) is 9.06. The van der Waals surface area contributed by atoms with E-state index >= 15 is 0 Å². The predicted molar refractivity (Wildman–Crippen MR) is 53.7 cm³/mol. The maximum atomic E-state index is 11.0. The smallest absolute Gasteiger partial charge is 0.407 e. The lowest BCUT2D eigenvalue weighted by Crippen LogP contribution is -2.43. The highest BCUT2D eigenvalue weighted by Gasteiger charge is 2.39. The molecule has 1 rings (SSSR count). The topological polar surface area (TPSA) is 77.8 Å². The Morgan fingerprint density at radius 3 is 2.00 bits per heavy atom. The molecule has 5 heteroatoms. The summed E-state index contributed by atoms with van der Waals surface area (Å²) >= 11 is 0. The molecule has 0 aromatic heterocycles. The monoisotopic (exact) mass is 215 g/mol. The number of nitrogens with zero attached hydrogens (tertiary/aromatic N) is 1. The zero-order valence-corrected chi connectivity index (χ0v) is 9.06. The quantitative estimate of drug-likeness (QED) is 0.731. The fourth-order valence-electron chi connectivity index (χ4n) is 1.97. The number of carbonyl (C=O) groups is 2. The van der Waals surface area contributed by atoms with Gasteiger partial charge in [0.25, 0.3) is 0 Å². The molecule has 0 saturated carbocycles. The van der Waals surface area contributed by atoms with Crippen LogP contribution in [0.5, 0.6) is 0 Å². The van der Waals surface area contributed by atoms with Crippen LogP contribution in [-0.4, -0.2) is 40.3 Å². The minimum atomic E-state index is -0.915. The second-order valence-electron chi connectivity index (χ2n) is 4.57. The Morgan fingerprint density at radius 2 is 1.67 bits per heavy atom. The van der Waals surface area contributed by atoms with E-state index in [0.717, 1.165) is 0 Å². The van der Waals surface area contributed by atoms with Crippen molar-refractivity contribution in [2.45, 2.75) is 26.7 Å². The van der Waals surface area contributed by atoms with Crippen molar-refractivity contribution in [2.75, 3.05) is 13.1 Å². The second kappa shape index (κ2) is 4.08. The van der Waals surface area contributed by atoms with Crippen molar-refractivity contribution in [1.29, 1.82) is 0 Å². The standard InChI is InChI=1S/C10H17NO4/c1-10(2,8(12)13)7-3-5-11(6-4-7)9(14)15/h7H,3-6H2,1-2H3,(H,12,13)(H,14,15). The molecule has 0 aliphatic carbocycles. The van der Waals surface area contributed by atoms with Gasteiger partial charge in [0.2, 0.25) is 0 Å². The van der Waals surface area contributed by atoms with E-state index in [2.05, 4.69) is 0 Å². The molecule has 0 aromatic carbocycles. The van der Waals surface area contributed by atoms with Crippen LogP contribution in [-0.2, 0) is 4.79 Å². The molecule has 1 amide bonds. The van der Waals surface area contributed by atoms with Crippen LogP contribution in [0.25, 0.3) is 0 Å². The van der Waals surface area contributed by atoms with Gasteiger partial charge in [-0.3, -0.25) is 4.79 Å². The third-order valence-corrected chi connectivity index (χ3v) is 3.34. The van der Waals surface area contributed by atoms with Gasteiger partial charge in [-0.05, 0) is 32.6 Å². The first-order chi connectivity index (χ1) is 6.85. The Kier molecular flexibility index (Phi) is 3.21. The van der Waals surface area contributed by atoms with Crippen LogP contribution in [0.15, 0.2) is 0 Å². The number of likely N-dealkylation sites (tertiary alicyclic amines) is 1. The van der Waals surface area contributed by atoms with Crippen molar-refractivity contribution >= 4 is 12.1 Å². The summed E-state index contributed by atoms with van der Waals surface area (Å²) in [6, 6.07) is 0. The molecule has 0 unspecified atom stereocenters. The summed E-state index contributed by atoms with van der Waals surface area (Å²) in [7, 11) is 0. The van der Waals surface area contributed by atoms with E-state index in [1.54, 1.807) is 13.8 Å². The van der Waals surface area contributed by atoms with Gasteiger partial charge in [-0.15, -0.1) is 0 Å². The fourth-order valence-corrected chi connectivity index (χ4v) is 1.97. The van der Waals surface area contributed by atoms with Crippen LogP contribution >= 0.6 is 0 Å². The van der Waals surface area contributed by atoms with Crippen molar-refractivity contribution in [3.63, 3.8) is 0 Å². The van der Waals surface area contributed by atoms with Gasteiger partial charge < -0.3 is 15.1 Å². The average molecular weight is 215 g/mol. The number of amides is 1. The average Bonchev–Trinajstić information content (AvgIpc) is 2.17. The first-order valence-electron chi connectivity index (χ1n) is 5.07. The number of aliphatic carboxylic acids is 1. The van der Waals surface area contributed by atoms with Crippen LogP contribution < -0.4 is 0 Å². The van der Waals surface area contributed by atoms with Crippen molar-refractivity contribution in [1.82, 2.24) is 4.90 Å². The number of hydrogen-bond donors (Lipinski definition) is 2. The molecule has 1 saturated heterocycles. The molecule has 1 fully saturated rings. The summed E-state index contributed by atoms with van der Waals surface area (Å²) in [5.74, 6) is -0.748. The number of hydrogen-bond acceptors (Lipinski definition) is 2. The molecule has 1 aliphatic heterocycles. The van der Waals surface area contributed by atoms with Crippen LogP contribution in [0.4, 0.5) is 4.79 Å². The summed E-state index contributed by atoms with van der Waals surface area (Å²) < 4.78 is 0. The van der Waals surface area contributed by atoms with E-state index in [1.807, 2.05) is 0 Å². The molecule has 0 bridgehead atoms. The number of carboxylic acids is 1. The molecular formula is C10H17NO4. The molecule has 5 nitrogen and oxygen atoms in total. The van der Waals surface area contributed by atoms with E-state index < -0.39 is 17.5 Å². The summed E-state index contributed by atoms with van der Waals surface area (Å²) in [5, 5.41) is 17.8. The fraction of sp³-hybridized carbons (Fsp3) is 0.800. The first-order valence-corrected chi connectivity index (χ1v) is 5.07. The normalized spacial score (nSPS) is 18.9. The molecule has 15 heavy (non-hydrogen) atoms. The molecule has 0 spiro atoms.